The first kappa shape index (κ1) is 20.1. The van der Waals surface area contributed by atoms with Crippen molar-refractivity contribution in [2.24, 2.45) is 0 Å². The van der Waals surface area contributed by atoms with Crippen LogP contribution in [0.1, 0.15) is 30.3 Å². The summed E-state index contributed by atoms with van der Waals surface area (Å²) in [5, 5.41) is 5.09. The Morgan fingerprint density at radius 3 is 2.72 bits per heavy atom. The fraction of sp³-hybridized carbons (Fsp3) is 0.500. The summed E-state index contributed by atoms with van der Waals surface area (Å²) in [6, 6.07) is 7.49. The SMILES string of the molecule is Cc1noc([C@H](C)Sc2nc3ccccc3c(=O)n2CCCN2CCOCC2)n1. The van der Waals surface area contributed by atoms with Crippen LogP contribution in [0.15, 0.2) is 38.7 Å². The summed E-state index contributed by atoms with van der Waals surface area (Å²) in [5.41, 5.74) is 0.701. The summed E-state index contributed by atoms with van der Waals surface area (Å²) in [6.45, 7) is 8.77. The van der Waals surface area contributed by atoms with Crippen LogP contribution in [-0.4, -0.2) is 57.4 Å². The number of nitrogens with zero attached hydrogens (tertiary/aromatic N) is 5. The van der Waals surface area contributed by atoms with Crippen molar-refractivity contribution in [2.75, 3.05) is 32.8 Å². The zero-order valence-corrected chi connectivity index (χ0v) is 17.5. The molecule has 8 nitrogen and oxygen atoms in total. The van der Waals surface area contributed by atoms with Crippen molar-refractivity contribution in [3.8, 4) is 0 Å². The van der Waals surface area contributed by atoms with Crippen molar-refractivity contribution in [1.29, 1.82) is 0 Å². The number of benzene rings is 1. The lowest BCUT2D eigenvalue weighted by Crippen LogP contribution is -2.37. The van der Waals surface area contributed by atoms with Gasteiger partial charge in [0.1, 0.15) is 0 Å². The second-order valence-electron chi connectivity index (χ2n) is 7.12. The summed E-state index contributed by atoms with van der Waals surface area (Å²) in [7, 11) is 0. The molecule has 0 saturated carbocycles. The van der Waals surface area contributed by atoms with Crippen LogP contribution in [0.3, 0.4) is 0 Å². The van der Waals surface area contributed by atoms with Gasteiger partial charge in [0.15, 0.2) is 11.0 Å². The fourth-order valence-corrected chi connectivity index (χ4v) is 4.36. The molecule has 1 atom stereocenters. The average Bonchev–Trinajstić information content (AvgIpc) is 3.17. The van der Waals surface area contributed by atoms with Gasteiger partial charge in [-0.2, -0.15) is 4.98 Å². The van der Waals surface area contributed by atoms with Gasteiger partial charge >= 0.3 is 0 Å². The van der Waals surface area contributed by atoms with E-state index in [-0.39, 0.29) is 10.8 Å². The van der Waals surface area contributed by atoms with E-state index in [1.807, 2.05) is 31.2 Å². The molecule has 1 aliphatic heterocycles. The van der Waals surface area contributed by atoms with E-state index in [4.69, 9.17) is 14.2 Å². The van der Waals surface area contributed by atoms with Crippen LogP contribution in [0.4, 0.5) is 0 Å². The molecule has 0 unspecified atom stereocenters. The number of aromatic nitrogens is 4. The molecule has 0 spiro atoms. The number of ether oxygens (including phenoxy) is 1. The standard InChI is InChI=1S/C20H25N5O3S/c1-14(18-21-15(2)23-28-18)29-20-22-17-7-4-3-6-16(17)19(26)25(20)9-5-8-24-10-12-27-13-11-24/h3-4,6-7,14H,5,8-13H2,1-2H3/t14-/m0/s1. The van der Waals surface area contributed by atoms with E-state index in [1.54, 1.807) is 11.5 Å². The maximum Gasteiger partial charge on any atom is 0.262 e. The van der Waals surface area contributed by atoms with Crippen LogP contribution in [0, 0.1) is 6.92 Å². The van der Waals surface area contributed by atoms with Crippen molar-refractivity contribution in [2.45, 2.75) is 37.2 Å². The molecule has 3 aromatic rings. The van der Waals surface area contributed by atoms with Crippen molar-refractivity contribution >= 4 is 22.7 Å². The zero-order valence-electron chi connectivity index (χ0n) is 16.7. The Morgan fingerprint density at radius 1 is 1.17 bits per heavy atom. The minimum Gasteiger partial charge on any atom is -0.379 e. The Labute approximate surface area is 173 Å². The third-order valence-electron chi connectivity index (χ3n) is 4.96. The number of aryl methyl sites for hydroxylation is 1. The zero-order chi connectivity index (χ0) is 20.2. The first-order valence-corrected chi connectivity index (χ1v) is 10.8. The molecule has 0 amide bonds. The second-order valence-corrected chi connectivity index (χ2v) is 8.42. The lowest BCUT2D eigenvalue weighted by Gasteiger charge is -2.26. The van der Waals surface area contributed by atoms with E-state index in [9.17, 15) is 4.79 Å². The smallest absolute Gasteiger partial charge is 0.262 e. The minimum atomic E-state index is -0.102. The van der Waals surface area contributed by atoms with Gasteiger partial charge in [0.05, 0.1) is 29.4 Å². The number of morpholine rings is 1. The Hall–Kier alpha value is -2.23. The van der Waals surface area contributed by atoms with Crippen molar-refractivity contribution in [1.82, 2.24) is 24.6 Å². The highest BCUT2D eigenvalue weighted by atomic mass is 32.2. The Kier molecular flexibility index (Phi) is 6.27. The van der Waals surface area contributed by atoms with Crippen LogP contribution in [0.2, 0.25) is 0 Å². The monoisotopic (exact) mass is 415 g/mol. The highest BCUT2D eigenvalue weighted by molar-refractivity contribution is 7.99. The van der Waals surface area contributed by atoms with Crippen molar-refractivity contribution in [3.05, 3.63) is 46.3 Å². The molecule has 1 aromatic carbocycles. The van der Waals surface area contributed by atoms with Gasteiger partial charge in [-0.05, 0) is 32.4 Å². The number of thioether (sulfide) groups is 1. The van der Waals surface area contributed by atoms with Gasteiger partial charge in [0, 0.05) is 26.2 Å². The normalized spacial score (nSPS) is 16.3. The van der Waals surface area contributed by atoms with Gasteiger partial charge in [0.2, 0.25) is 5.89 Å². The summed E-state index contributed by atoms with van der Waals surface area (Å²) < 4.78 is 12.5. The van der Waals surface area contributed by atoms with E-state index in [2.05, 4.69) is 15.0 Å². The Balaban J connectivity index is 1.58. The predicted molar refractivity (Wildman–Crippen MR) is 111 cm³/mol. The van der Waals surface area contributed by atoms with Crippen molar-refractivity contribution < 1.29 is 9.26 Å². The van der Waals surface area contributed by atoms with Gasteiger partial charge in [-0.25, -0.2) is 4.98 Å². The van der Waals surface area contributed by atoms with Crippen LogP contribution in [-0.2, 0) is 11.3 Å². The summed E-state index contributed by atoms with van der Waals surface area (Å²) in [5.74, 6) is 1.14. The van der Waals surface area contributed by atoms with E-state index >= 15 is 0 Å². The van der Waals surface area contributed by atoms with E-state index < -0.39 is 0 Å². The fourth-order valence-electron chi connectivity index (χ4n) is 3.40. The number of hydrogen-bond donors (Lipinski definition) is 0. The first-order valence-electron chi connectivity index (χ1n) is 9.88. The molecule has 29 heavy (non-hydrogen) atoms. The largest absolute Gasteiger partial charge is 0.379 e. The van der Waals surface area contributed by atoms with Gasteiger partial charge in [-0.3, -0.25) is 14.3 Å². The van der Waals surface area contributed by atoms with Gasteiger partial charge in [-0.1, -0.05) is 29.1 Å². The molecule has 0 aliphatic carbocycles. The average molecular weight is 416 g/mol. The summed E-state index contributed by atoms with van der Waals surface area (Å²) in [6.07, 6.45) is 0.877. The van der Waals surface area contributed by atoms with Crippen molar-refractivity contribution in [3.63, 3.8) is 0 Å². The predicted octanol–water partition coefficient (Wildman–Crippen LogP) is 2.66. The Morgan fingerprint density at radius 2 is 1.97 bits per heavy atom. The molecule has 4 rings (SSSR count). The molecule has 154 valence electrons. The second kappa shape index (κ2) is 9.06. The summed E-state index contributed by atoms with van der Waals surface area (Å²) in [4.78, 5) is 24.6. The van der Waals surface area contributed by atoms with Gasteiger partial charge < -0.3 is 9.26 Å². The van der Waals surface area contributed by atoms with Gasteiger partial charge in [-0.15, -0.1) is 0 Å². The lowest BCUT2D eigenvalue weighted by molar-refractivity contribution is 0.0368. The molecule has 1 saturated heterocycles. The maximum atomic E-state index is 13.2. The highest BCUT2D eigenvalue weighted by Crippen LogP contribution is 2.33. The lowest BCUT2D eigenvalue weighted by atomic mass is 10.2. The minimum absolute atomic E-state index is 0.00557. The first-order chi connectivity index (χ1) is 14.1. The number of hydrogen-bond acceptors (Lipinski definition) is 8. The van der Waals surface area contributed by atoms with Crippen LogP contribution < -0.4 is 5.56 Å². The highest BCUT2D eigenvalue weighted by Gasteiger charge is 2.20. The molecular formula is C20H25N5O3S. The topological polar surface area (TPSA) is 86.3 Å². The third kappa shape index (κ3) is 4.68. The van der Waals surface area contributed by atoms with E-state index in [0.29, 0.717) is 34.3 Å². The third-order valence-corrected chi connectivity index (χ3v) is 6.04. The summed E-state index contributed by atoms with van der Waals surface area (Å²) >= 11 is 1.47. The molecule has 0 radical (unpaired) electrons. The molecular weight excluding hydrogens is 390 g/mol. The van der Waals surface area contributed by atoms with Crippen LogP contribution in [0.25, 0.3) is 10.9 Å². The number of rotatable bonds is 7. The molecule has 0 bridgehead atoms. The molecule has 1 fully saturated rings. The number of fused-ring (bicyclic) bond motifs is 1. The maximum absolute atomic E-state index is 13.2. The molecule has 3 heterocycles. The number of para-hydroxylation sites is 1. The Bertz CT molecular complexity index is 1030. The quantitative estimate of drug-likeness (QED) is 0.430. The van der Waals surface area contributed by atoms with Crippen LogP contribution >= 0.6 is 11.8 Å². The molecule has 1 aliphatic rings. The molecule has 9 heteroatoms. The molecule has 2 aromatic heterocycles. The van der Waals surface area contributed by atoms with E-state index in [0.717, 1.165) is 39.3 Å². The van der Waals surface area contributed by atoms with Gasteiger partial charge in [0.25, 0.3) is 5.56 Å². The van der Waals surface area contributed by atoms with Crippen LogP contribution in [0.5, 0.6) is 0 Å². The van der Waals surface area contributed by atoms with E-state index in [1.165, 1.54) is 11.8 Å². The molecule has 0 N–H and O–H groups in total.